The first-order valence-electron chi connectivity index (χ1n) is 7.31. The molecule has 0 aliphatic carbocycles. The number of carbonyl (C=O) groups excluding carboxylic acids is 1. The van der Waals surface area contributed by atoms with Crippen molar-refractivity contribution in [2.45, 2.75) is 6.92 Å². The number of aromatic nitrogens is 2. The lowest BCUT2D eigenvalue weighted by atomic mass is 10.2. The third-order valence-electron chi connectivity index (χ3n) is 3.69. The van der Waals surface area contributed by atoms with Gasteiger partial charge in [0.2, 0.25) is 0 Å². The third kappa shape index (κ3) is 3.23. The number of hydrogen-bond donors (Lipinski definition) is 1. The molecule has 1 N–H and O–H groups in total. The van der Waals surface area contributed by atoms with Crippen LogP contribution in [0.25, 0.3) is 5.65 Å². The van der Waals surface area contributed by atoms with Gasteiger partial charge in [0.1, 0.15) is 17.2 Å². The van der Waals surface area contributed by atoms with E-state index in [1.807, 2.05) is 0 Å². The van der Waals surface area contributed by atoms with Crippen molar-refractivity contribution in [3.8, 4) is 11.5 Å². The molecule has 3 rings (SSSR count). The number of pyridine rings is 1. The zero-order chi connectivity index (χ0) is 18.1. The summed E-state index contributed by atoms with van der Waals surface area (Å²) < 4.78 is 12.0. The van der Waals surface area contributed by atoms with Crippen molar-refractivity contribution in [2.24, 2.45) is 0 Å². The highest BCUT2D eigenvalue weighted by Crippen LogP contribution is 2.30. The summed E-state index contributed by atoms with van der Waals surface area (Å²) in [4.78, 5) is 17.2. The molecule has 0 saturated carbocycles. The lowest BCUT2D eigenvalue weighted by Crippen LogP contribution is -2.16. The summed E-state index contributed by atoms with van der Waals surface area (Å²) >= 11 is 12.2. The van der Waals surface area contributed by atoms with Crippen molar-refractivity contribution in [1.82, 2.24) is 9.38 Å². The normalized spacial score (nSPS) is 10.8. The Kier molecular flexibility index (Phi) is 4.74. The molecule has 0 saturated heterocycles. The Morgan fingerprint density at radius 1 is 1.20 bits per heavy atom. The standard InChI is InChI=1S/C17H15Cl2N3O3/c1-9-15(22-8-10(18)6-12(19)16(22)20-9)17(23)21-13-5-4-11(24-2)7-14(13)25-3/h4-8H,1-3H3,(H,21,23). The van der Waals surface area contributed by atoms with Crippen molar-refractivity contribution >= 4 is 40.4 Å². The van der Waals surface area contributed by atoms with E-state index in [0.29, 0.717) is 44.3 Å². The minimum absolute atomic E-state index is 0.345. The van der Waals surface area contributed by atoms with E-state index in [9.17, 15) is 4.79 Å². The van der Waals surface area contributed by atoms with Crippen LogP contribution in [0.15, 0.2) is 30.5 Å². The number of amides is 1. The lowest BCUT2D eigenvalue weighted by molar-refractivity contribution is 0.102. The minimum atomic E-state index is -0.355. The first-order chi connectivity index (χ1) is 11.9. The van der Waals surface area contributed by atoms with Gasteiger partial charge in [0.15, 0.2) is 5.65 Å². The summed E-state index contributed by atoms with van der Waals surface area (Å²) in [6.07, 6.45) is 1.60. The average Bonchev–Trinajstić information content (AvgIpc) is 2.91. The molecule has 6 nitrogen and oxygen atoms in total. The van der Waals surface area contributed by atoms with E-state index in [-0.39, 0.29) is 5.91 Å². The van der Waals surface area contributed by atoms with Crippen molar-refractivity contribution < 1.29 is 14.3 Å². The smallest absolute Gasteiger partial charge is 0.274 e. The van der Waals surface area contributed by atoms with E-state index in [4.69, 9.17) is 32.7 Å². The number of rotatable bonds is 4. The fourth-order valence-corrected chi connectivity index (χ4v) is 3.06. The molecular formula is C17H15Cl2N3O3. The lowest BCUT2D eigenvalue weighted by Gasteiger charge is -2.12. The van der Waals surface area contributed by atoms with Gasteiger partial charge in [-0.05, 0) is 25.1 Å². The van der Waals surface area contributed by atoms with Gasteiger partial charge >= 0.3 is 0 Å². The summed E-state index contributed by atoms with van der Waals surface area (Å²) in [5, 5.41) is 3.60. The van der Waals surface area contributed by atoms with E-state index in [2.05, 4.69) is 10.3 Å². The summed E-state index contributed by atoms with van der Waals surface area (Å²) in [6.45, 7) is 1.73. The molecule has 0 bridgehead atoms. The highest BCUT2D eigenvalue weighted by atomic mass is 35.5. The second kappa shape index (κ2) is 6.82. The topological polar surface area (TPSA) is 64.9 Å². The molecule has 0 atom stereocenters. The van der Waals surface area contributed by atoms with Crippen molar-refractivity contribution in [1.29, 1.82) is 0 Å². The molecule has 1 amide bonds. The Bertz CT molecular complexity index is 969. The molecule has 1 aromatic carbocycles. The highest BCUT2D eigenvalue weighted by molar-refractivity contribution is 6.36. The molecule has 0 unspecified atom stereocenters. The minimum Gasteiger partial charge on any atom is -0.497 e. The first-order valence-corrected chi connectivity index (χ1v) is 8.07. The van der Waals surface area contributed by atoms with Crippen LogP contribution in [0.2, 0.25) is 10.0 Å². The van der Waals surface area contributed by atoms with Gasteiger partial charge in [0.05, 0.1) is 35.6 Å². The van der Waals surface area contributed by atoms with E-state index in [1.165, 1.54) is 7.11 Å². The molecule has 0 spiro atoms. The monoisotopic (exact) mass is 379 g/mol. The molecule has 0 aliphatic rings. The van der Waals surface area contributed by atoms with Gasteiger partial charge in [0.25, 0.3) is 5.91 Å². The van der Waals surface area contributed by atoms with Crippen LogP contribution in [0.5, 0.6) is 11.5 Å². The summed E-state index contributed by atoms with van der Waals surface area (Å²) in [7, 11) is 3.08. The molecule has 25 heavy (non-hydrogen) atoms. The molecule has 2 heterocycles. The van der Waals surface area contributed by atoms with Crippen molar-refractivity contribution in [3.05, 3.63) is 51.9 Å². The van der Waals surface area contributed by atoms with Crippen LogP contribution in [0.4, 0.5) is 5.69 Å². The second-order valence-electron chi connectivity index (χ2n) is 5.27. The summed E-state index contributed by atoms with van der Waals surface area (Å²) in [5.41, 5.74) is 1.86. The Hall–Kier alpha value is -2.44. The zero-order valence-electron chi connectivity index (χ0n) is 13.8. The molecule has 0 radical (unpaired) electrons. The second-order valence-corrected chi connectivity index (χ2v) is 6.11. The van der Waals surface area contributed by atoms with Crippen LogP contribution >= 0.6 is 23.2 Å². The van der Waals surface area contributed by atoms with Gasteiger partial charge in [-0.3, -0.25) is 9.20 Å². The number of imidazole rings is 1. The quantitative estimate of drug-likeness (QED) is 0.736. The first kappa shape index (κ1) is 17.4. The largest absolute Gasteiger partial charge is 0.497 e. The number of anilines is 1. The predicted octanol–water partition coefficient (Wildman–Crippen LogP) is 4.22. The number of carbonyl (C=O) groups is 1. The maximum Gasteiger partial charge on any atom is 0.274 e. The zero-order valence-corrected chi connectivity index (χ0v) is 15.3. The molecule has 0 aliphatic heterocycles. The highest BCUT2D eigenvalue weighted by Gasteiger charge is 2.20. The molecule has 0 fully saturated rings. The third-order valence-corrected chi connectivity index (χ3v) is 4.17. The number of aryl methyl sites for hydroxylation is 1. The van der Waals surface area contributed by atoms with Gasteiger partial charge in [-0.1, -0.05) is 23.2 Å². The predicted molar refractivity (Wildman–Crippen MR) is 97.4 cm³/mol. The van der Waals surface area contributed by atoms with Gasteiger partial charge in [-0.15, -0.1) is 0 Å². The van der Waals surface area contributed by atoms with Crippen LogP contribution in [0.1, 0.15) is 16.2 Å². The molecule has 2 aromatic heterocycles. The molecular weight excluding hydrogens is 365 g/mol. The van der Waals surface area contributed by atoms with Gasteiger partial charge < -0.3 is 14.8 Å². The summed E-state index contributed by atoms with van der Waals surface area (Å²) in [5.74, 6) is 0.751. The summed E-state index contributed by atoms with van der Waals surface area (Å²) in [6, 6.07) is 6.70. The Morgan fingerprint density at radius 3 is 2.64 bits per heavy atom. The van der Waals surface area contributed by atoms with Gasteiger partial charge in [-0.25, -0.2) is 4.98 Å². The fourth-order valence-electron chi connectivity index (χ4n) is 2.54. The van der Waals surface area contributed by atoms with E-state index in [1.54, 1.807) is 48.9 Å². The number of ether oxygens (including phenoxy) is 2. The average molecular weight is 380 g/mol. The number of benzene rings is 1. The molecule has 3 aromatic rings. The van der Waals surface area contributed by atoms with Gasteiger partial charge in [-0.2, -0.15) is 0 Å². The van der Waals surface area contributed by atoms with Crippen LogP contribution in [0.3, 0.4) is 0 Å². The van der Waals surface area contributed by atoms with E-state index in [0.717, 1.165) is 0 Å². The van der Waals surface area contributed by atoms with Crippen LogP contribution in [-0.4, -0.2) is 29.5 Å². The van der Waals surface area contributed by atoms with Crippen molar-refractivity contribution in [3.63, 3.8) is 0 Å². The Balaban J connectivity index is 2.02. The van der Waals surface area contributed by atoms with Crippen LogP contribution < -0.4 is 14.8 Å². The van der Waals surface area contributed by atoms with E-state index < -0.39 is 0 Å². The Labute approximate surface area is 154 Å². The van der Waals surface area contributed by atoms with Crippen LogP contribution in [-0.2, 0) is 0 Å². The maximum absolute atomic E-state index is 12.8. The van der Waals surface area contributed by atoms with Crippen LogP contribution in [0, 0.1) is 6.92 Å². The number of nitrogens with one attached hydrogen (secondary N) is 1. The number of hydrogen-bond acceptors (Lipinski definition) is 4. The fraction of sp³-hybridized carbons (Fsp3) is 0.176. The number of fused-ring (bicyclic) bond motifs is 1. The SMILES string of the molecule is COc1ccc(NC(=O)c2c(C)nc3c(Cl)cc(Cl)cn23)c(OC)c1. The molecule has 130 valence electrons. The Morgan fingerprint density at radius 2 is 1.96 bits per heavy atom. The molecule has 8 heteroatoms. The van der Waals surface area contributed by atoms with E-state index >= 15 is 0 Å². The number of methoxy groups -OCH3 is 2. The number of nitrogens with zero attached hydrogens (tertiary/aromatic N) is 2. The van der Waals surface area contributed by atoms with Crippen molar-refractivity contribution in [2.75, 3.05) is 19.5 Å². The maximum atomic E-state index is 12.8. The van der Waals surface area contributed by atoms with Gasteiger partial charge in [0, 0.05) is 12.3 Å². The number of halogens is 2.